The first-order valence-electron chi connectivity index (χ1n) is 5.82. The van der Waals surface area contributed by atoms with Gasteiger partial charge < -0.3 is 5.11 Å². The predicted molar refractivity (Wildman–Crippen MR) is 73.7 cm³/mol. The summed E-state index contributed by atoms with van der Waals surface area (Å²) in [5.74, 6) is -0.473. The average Bonchev–Trinajstić information content (AvgIpc) is 2.37. The molecule has 2 rings (SSSR count). The van der Waals surface area contributed by atoms with Crippen molar-refractivity contribution < 1.29 is 14.3 Å². The van der Waals surface area contributed by atoms with Crippen molar-refractivity contribution in [2.75, 3.05) is 0 Å². The van der Waals surface area contributed by atoms with Crippen LogP contribution >= 0.6 is 11.8 Å². The van der Waals surface area contributed by atoms with E-state index in [0.717, 1.165) is 16.0 Å². The van der Waals surface area contributed by atoms with E-state index < -0.39 is 5.97 Å². The lowest BCUT2D eigenvalue weighted by atomic mass is 10.1. The molecule has 0 aliphatic heterocycles. The van der Waals surface area contributed by atoms with Crippen LogP contribution in [0.1, 0.15) is 11.1 Å². The van der Waals surface area contributed by atoms with Gasteiger partial charge in [0.15, 0.2) is 0 Å². The first-order chi connectivity index (χ1) is 9.15. The van der Waals surface area contributed by atoms with E-state index in [1.54, 1.807) is 6.07 Å². The molecule has 0 heterocycles. The Bertz CT molecular complexity index is 584. The molecule has 2 nitrogen and oxygen atoms in total. The Hall–Kier alpha value is -1.81. The zero-order chi connectivity index (χ0) is 13.7. The van der Waals surface area contributed by atoms with Crippen LogP contribution in [0.3, 0.4) is 0 Å². The molecule has 0 spiro atoms. The molecule has 2 aromatic rings. The molecule has 19 heavy (non-hydrogen) atoms. The van der Waals surface area contributed by atoms with Crippen LogP contribution in [0.2, 0.25) is 0 Å². The molecular weight excluding hydrogens is 263 g/mol. The number of hydrogen-bond acceptors (Lipinski definition) is 2. The van der Waals surface area contributed by atoms with E-state index in [2.05, 4.69) is 0 Å². The molecule has 1 N–H and O–H groups in total. The number of carboxylic acid groups (broad SMARTS) is 1. The van der Waals surface area contributed by atoms with Crippen LogP contribution in [-0.2, 0) is 17.0 Å². The van der Waals surface area contributed by atoms with E-state index in [0.29, 0.717) is 5.75 Å². The second-order valence-electron chi connectivity index (χ2n) is 4.09. The maximum Gasteiger partial charge on any atom is 0.307 e. The monoisotopic (exact) mass is 276 g/mol. The van der Waals surface area contributed by atoms with Crippen molar-refractivity contribution in [3.8, 4) is 0 Å². The second-order valence-corrected chi connectivity index (χ2v) is 5.13. The van der Waals surface area contributed by atoms with Crippen molar-refractivity contribution in [2.45, 2.75) is 17.1 Å². The van der Waals surface area contributed by atoms with Gasteiger partial charge in [0.1, 0.15) is 5.82 Å². The van der Waals surface area contributed by atoms with Gasteiger partial charge in [-0.1, -0.05) is 30.3 Å². The van der Waals surface area contributed by atoms with Crippen molar-refractivity contribution >= 4 is 17.7 Å². The summed E-state index contributed by atoms with van der Waals surface area (Å²) >= 11 is 1.50. The van der Waals surface area contributed by atoms with Gasteiger partial charge in [-0.05, 0) is 29.3 Å². The number of aliphatic carboxylic acids is 1. The molecule has 0 bridgehead atoms. The van der Waals surface area contributed by atoms with Gasteiger partial charge in [-0.25, -0.2) is 4.39 Å². The Kier molecular flexibility index (Phi) is 4.58. The number of carboxylic acids is 1. The minimum absolute atomic E-state index is 0.0138. The third-order valence-corrected chi connectivity index (χ3v) is 3.69. The van der Waals surface area contributed by atoms with Gasteiger partial charge in [-0.3, -0.25) is 4.79 Å². The SMILES string of the molecule is O=C(O)Cc1ccccc1CSc1cccc(F)c1. The summed E-state index contributed by atoms with van der Waals surface area (Å²) in [6, 6.07) is 13.8. The first kappa shape index (κ1) is 13.6. The normalized spacial score (nSPS) is 10.4. The number of benzene rings is 2. The third kappa shape index (κ3) is 4.10. The number of rotatable bonds is 5. The lowest BCUT2D eigenvalue weighted by Crippen LogP contribution is -2.02. The molecule has 0 saturated heterocycles. The van der Waals surface area contributed by atoms with Crippen LogP contribution in [0, 0.1) is 5.82 Å². The molecule has 0 amide bonds. The first-order valence-corrected chi connectivity index (χ1v) is 6.80. The number of hydrogen-bond donors (Lipinski definition) is 1. The van der Waals surface area contributed by atoms with Crippen LogP contribution in [0.5, 0.6) is 0 Å². The maximum absolute atomic E-state index is 13.1. The molecule has 98 valence electrons. The summed E-state index contributed by atoms with van der Waals surface area (Å²) in [7, 11) is 0. The van der Waals surface area contributed by atoms with E-state index in [9.17, 15) is 9.18 Å². The predicted octanol–water partition coefficient (Wildman–Crippen LogP) is 3.75. The summed E-state index contributed by atoms with van der Waals surface area (Å²) < 4.78 is 13.1. The summed E-state index contributed by atoms with van der Waals surface area (Å²) in [4.78, 5) is 11.6. The molecule has 0 aromatic heterocycles. The minimum Gasteiger partial charge on any atom is -0.481 e. The number of thioether (sulfide) groups is 1. The molecule has 0 aliphatic rings. The fourth-order valence-electron chi connectivity index (χ4n) is 1.75. The topological polar surface area (TPSA) is 37.3 Å². The Morgan fingerprint density at radius 3 is 2.53 bits per heavy atom. The highest BCUT2D eigenvalue weighted by atomic mass is 32.2. The van der Waals surface area contributed by atoms with Gasteiger partial charge in [0.2, 0.25) is 0 Å². The molecule has 0 saturated carbocycles. The molecule has 0 aliphatic carbocycles. The van der Waals surface area contributed by atoms with Crippen molar-refractivity contribution in [3.05, 3.63) is 65.5 Å². The smallest absolute Gasteiger partial charge is 0.307 e. The highest BCUT2D eigenvalue weighted by Gasteiger charge is 2.06. The van der Waals surface area contributed by atoms with Crippen LogP contribution in [0.15, 0.2) is 53.4 Å². The zero-order valence-corrected chi connectivity index (χ0v) is 11.0. The fourth-order valence-corrected chi connectivity index (χ4v) is 2.73. The number of carbonyl (C=O) groups is 1. The standard InChI is InChI=1S/C15H13FO2S/c16-13-6-3-7-14(9-13)19-10-12-5-2-1-4-11(12)8-15(17)18/h1-7,9H,8,10H2,(H,17,18). The molecule has 0 radical (unpaired) electrons. The van der Waals surface area contributed by atoms with Crippen LogP contribution < -0.4 is 0 Å². The zero-order valence-electron chi connectivity index (χ0n) is 10.2. The minimum atomic E-state index is -0.844. The molecule has 2 aromatic carbocycles. The fraction of sp³-hybridized carbons (Fsp3) is 0.133. The Morgan fingerprint density at radius 1 is 1.11 bits per heavy atom. The summed E-state index contributed by atoms with van der Waals surface area (Å²) in [6.45, 7) is 0. The van der Waals surface area contributed by atoms with Crippen molar-refractivity contribution in [1.29, 1.82) is 0 Å². The van der Waals surface area contributed by atoms with Gasteiger partial charge in [0, 0.05) is 10.6 Å². The quantitative estimate of drug-likeness (QED) is 0.845. The number of halogens is 1. The second kappa shape index (κ2) is 6.38. The van der Waals surface area contributed by atoms with Gasteiger partial charge in [0.25, 0.3) is 0 Å². The van der Waals surface area contributed by atoms with Crippen LogP contribution in [0.25, 0.3) is 0 Å². The molecule has 0 unspecified atom stereocenters. The summed E-state index contributed by atoms with van der Waals surface area (Å²) in [6.07, 6.45) is 0.0138. The Morgan fingerprint density at radius 2 is 1.84 bits per heavy atom. The van der Waals surface area contributed by atoms with Gasteiger partial charge in [0.05, 0.1) is 6.42 Å². The largest absolute Gasteiger partial charge is 0.481 e. The molecular formula is C15H13FO2S. The Labute approximate surface area is 115 Å². The van der Waals surface area contributed by atoms with E-state index in [4.69, 9.17) is 5.11 Å². The highest BCUT2D eigenvalue weighted by Crippen LogP contribution is 2.25. The van der Waals surface area contributed by atoms with Crippen molar-refractivity contribution in [3.63, 3.8) is 0 Å². The lowest BCUT2D eigenvalue weighted by molar-refractivity contribution is -0.136. The lowest BCUT2D eigenvalue weighted by Gasteiger charge is -2.07. The van der Waals surface area contributed by atoms with Crippen LogP contribution in [-0.4, -0.2) is 11.1 Å². The van der Waals surface area contributed by atoms with Gasteiger partial charge in [-0.2, -0.15) is 0 Å². The average molecular weight is 276 g/mol. The van der Waals surface area contributed by atoms with Crippen molar-refractivity contribution in [1.82, 2.24) is 0 Å². The summed E-state index contributed by atoms with van der Waals surface area (Å²) in [5, 5.41) is 8.86. The summed E-state index contributed by atoms with van der Waals surface area (Å²) in [5.41, 5.74) is 1.78. The van der Waals surface area contributed by atoms with E-state index in [1.165, 1.54) is 23.9 Å². The van der Waals surface area contributed by atoms with Gasteiger partial charge >= 0.3 is 5.97 Å². The van der Waals surface area contributed by atoms with Crippen LogP contribution in [0.4, 0.5) is 4.39 Å². The maximum atomic E-state index is 13.1. The van der Waals surface area contributed by atoms with Crippen molar-refractivity contribution in [2.24, 2.45) is 0 Å². The third-order valence-electron chi connectivity index (χ3n) is 2.65. The highest BCUT2D eigenvalue weighted by molar-refractivity contribution is 7.98. The Balaban J connectivity index is 2.09. The van der Waals surface area contributed by atoms with E-state index in [-0.39, 0.29) is 12.2 Å². The molecule has 4 heteroatoms. The molecule has 0 atom stereocenters. The van der Waals surface area contributed by atoms with E-state index in [1.807, 2.05) is 30.3 Å². The van der Waals surface area contributed by atoms with E-state index >= 15 is 0 Å². The van der Waals surface area contributed by atoms with Gasteiger partial charge in [-0.15, -0.1) is 11.8 Å². The molecule has 0 fully saturated rings.